The van der Waals surface area contributed by atoms with Crippen molar-refractivity contribution in [3.63, 3.8) is 0 Å². The van der Waals surface area contributed by atoms with Crippen LogP contribution >= 0.6 is 22.6 Å². The summed E-state index contributed by atoms with van der Waals surface area (Å²) in [6.45, 7) is 2.40. The Kier molecular flexibility index (Phi) is 8.24. The van der Waals surface area contributed by atoms with Gasteiger partial charge < -0.3 is 14.8 Å². The number of para-hydroxylation sites is 1. The first-order chi connectivity index (χ1) is 17.5. The normalized spacial score (nSPS) is 11.1. The van der Waals surface area contributed by atoms with Gasteiger partial charge in [-0.1, -0.05) is 67.6 Å². The van der Waals surface area contributed by atoms with E-state index in [-0.39, 0.29) is 5.57 Å². The van der Waals surface area contributed by atoms with E-state index in [1.165, 1.54) is 0 Å². The topological polar surface area (TPSA) is 71.4 Å². The number of nitrogens with zero attached hydrogens (tertiary/aromatic N) is 1. The van der Waals surface area contributed by atoms with Crippen molar-refractivity contribution in [1.82, 2.24) is 0 Å². The fourth-order valence-electron chi connectivity index (χ4n) is 3.99. The van der Waals surface area contributed by atoms with E-state index in [0.29, 0.717) is 29.4 Å². The van der Waals surface area contributed by atoms with Gasteiger partial charge in [-0.25, -0.2) is 0 Å². The van der Waals surface area contributed by atoms with Crippen molar-refractivity contribution in [1.29, 1.82) is 5.26 Å². The van der Waals surface area contributed by atoms with E-state index in [2.05, 4.69) is 46.1 Å². The molecule has 0 atom stereocenters. The first-order valence-electron chi connectivity index (χ1n) is 11.5. The highest BCUT2D eigenvalue weighted by Gasteiger charge is 2.15. The van der Waals surface area contributed by atoms with Crippen LogP contribution < -0.4 is 14.8 Å². The van der Waals surface area contributed by atoms with Gasteiger partial charge in [-0.3, -0.25) is 4.79 Å². The Morgan fingerprint density at radius 2 is 1.75 bits per heavy atom. The third-order valence-electron chi connectivity index (χ3n) is 5.83. The number of nitriles is 1. The number of hydrogen-bond acceptors (Lipinski definition) is 4. The second-order valence-electron chi connectivity index (χ2n) is 8.10. The number of benzene rings is 4. The van der Waals surface area contributed by atoms with Gasteiger partial charge in [0.05, 0.1) is 10.7 Å². The van der Waals surface area contributed by atoms with E-state index in [1.54, 1.807) is 19.3 Å². The van der Waals surface area contributed by atoms with Gasteiger partial charge in [-0.05, 0) is 80.7 Å². The van der Waals surface area contributed by atoms with Crippen molar-refractivity contribution in [2.24, 2.45) is 0 Å². The molecule has 0 aromatic heterocycles. The predicted molar refractivity (Wildman–Crippen MR) is 152 cm³/mol. The van der Waals surface area contributed by atoms with Crippen LogP contribution in [-0.4, -0.2) is 13.0 Å². The molecule has 0 radical (unpaired) electrons. The second kappa shape index (κ2) is 11.7. The van der Waals surface area contributed by atoms with Crippen LogP contribution in [0, 0.1) is 14.9 Å². The molecule has 0 saturated heterocycles. The highest BCUT2D eigenvalue weighted by atomic mass is 127. The zero-order valence-corrected chi connectivity index (χ0v) is 22.2. The summed E-state index contributed by atoms with van der Waals surface area (Å²) >= 11 is 2.18. The molecule has 4 rings (SSSR count). The number of hydrogen-bond donors (Lipinski definition) is 1. The van der Waals surface area contributed by atoms with E-state index in [9.17, 15) is 10.1 Å². The first-order valence-corrected chi connectivity index (χ1v) is 12.6. The van der Waals surface area contributed by atoms with Crippen LogP contribution in [0.1, 0.15) is 23.6 Å². The van der Waals surface area contributed by atoms with Crippen LogP contribution in [0.5, 0.6) is 11.5 Å². The van der Waals surface area contributed by atoms with E-state index in [4.69, 9.17) is 9.47 Å². The van der Waals surface area contributed by atoms with Gasteiger partial charge in [-0.15, -0.1) is 0 Å². The predicted octanol–water partition coefficient (Wildman–Crippen LogP) is 7.14. The maximum Gasteiger partial charge on any atom is 0.266 e. The molecule has 0 unspecified atom stereocenters. The van der Waals surface area contributed by atoms with E-state index < -0.39 is 5.91 Å². The first kappa shape index (κ1) is 25.3. The van der Waals surface area contributed by atoms with Crippen molar-refractivity contribution in [3.8, 4) is 17.6 Å². The maximum atomic E-state index is 12.8. The molecule has 1 amide bonds. The number of nitrogens with one attached hydrogen (secondary N) is 1. The van der Waals surface area contributed by atoms with E-state index in [1.807, 2.05) is 67.6 Å². The summed E-state index contributed by atoms with van der Waals surface area (Å²) in [5, 5.41) is 14.8. The van der Waals surface area contributed by atoms with Crippen LogP contribution in [0.3, 0.4) is 0 Å². The second-order valence-corrected chi connectivity index (χ2v) is 9.26. The van der Waals surface area contributed by atoms with Crippen LogP contribution in [-0.2, 0) is 17.8 Å². The number of amides is 1. The molecule has 0 fully saturated rings. The van der Waals surface area contributed by atoms with E-state index in [0.717, 1.165) is 31.9 Å². The third-order valence-corrected chi connectivity index (χ3v) is 6.63. The third kappa shape index (κ3) is 5.69. The zero-order chi connectivity index (χ0) is 25.5. The Balaban J connectivity index is 1.57. The molecule has 0 saturated carbocycles. The van der Waals surface area contributed by atoms with Crippen molar-refractivity contribution in [3.05, 3.63) is 105 Å². The monoisotopic (exact) mass is 588 g/mol. The van der Waals surface area contributed by atoms with Gasteiger partial charge in [0.15, 0.2) is 11.5 Å². The van der Waals surface area contributed by atoms with Crippen molar-refractivity contribution in [2.75, 3.05) is 12.4 Å². The van der Waals surface area contributed by atoms with Crippen LogP contribution in [0.2, 0.25) is 0 Å². The smallest absolute Gasteiger partial charge is 0.266 e. The average Bonchev–Trinajstić information content (AvgIpc) is 2.91. The number of anilines is 1. The lowest BCUT2D eigenvalue weighted by atomic mass is 10.1. The lowest BCUT2D eigenvalue weighted by Gasteiger charge is -2.15. The molecule has 5 nitrogen and oxygen atoms in total. The minimum atomic E-state index is -0.455. The highest BCUT2D eigenvalue weighted by Crippen LogP contribution is 2.35. The maximum absolute atomic E-state index is 12.8. The number of carbonyl (C=O) groups is 1. The summed E-state index contributed by atoms with van der Waals surface area (Å²) in [7, 11) is 1.57. The number of fused-ring (bicyclic) bond motifs is 1. The number of aryl methyl sites for hydroxylation is 1. The molecule has 4 aromatic rings. The molecule has 0 aliphatic rings. The average molecular weight is 588 g/mol. The Labute approximate surface area is 224 Å². The molecule has 4 aromatic carbocycles. The van der Waals surface area contributed by atoms with Gasteiger partial charge >= 0.3 is 0 Å². The summed E-state index contributed by atoms with van der Waals surface area (Å²) in [4.78, 5) is 12.8. The molecule has 0 bridgehead atoms. The molecule has 0 spiro atoms. The van der Waals surface area contributed by atoms with Crippen molar-refractivity contribution < 1.29 is 14.3 Å². The Morgan fingerprint density at radius 3 is 2.53 bits per heavy atom. The number of rotatable bonds is 8. The number of halogens is 1. The van der Waals surface area contributed by atoms with Crippen LogP contribution in [0.15, 0.2) is 84.4 Å². The molecule has 6 heteroatoms. The number of carbonyl (C=O) groups excluding carboxylic acids is 1. The van der Waals surface area contributed by atoms with Gasteiger partial charge in [0.25, 0.3) is 5.91 Å². The van der Waals surface area contributed by atoms with Crippen LogP contribution in [0.4, 0.5) is 5.69 Å². The number of ether oxygens (including phenoxy) is 2. The van der Waals surface area contributed by atoms with Gasteiger partial charge in [0.1, 0.15) is 18.2 Å². The Hall–Kier alpha value is -3.83. The van der Waals surface area contributed by atoms with Crippen molar-refractivity contribution in [2.45, 2.75) is 20.0 Å². The molecular formula is C30H25IN2O3. The molecular weight excluding hydrogens is 563 g/mol. The fraction of sp³-hybridized carbons (Fsp3) is 0.133. The summed E-state index contributed by atoms with van der Waals surface area (Å²) in [6, 6.07) is 27.6. The molecule has 0 aliphatic heterocycles. The molecule has 180 valence electrons. The zero-order valence-electron chi connectivity index (χ0n) is 20.0. The van der Waals surface area contributed by atoms with Crippen molar-refractivity contribution >= 4 is 51.0 Å². The summed E-state index contributed by atoms with van der Waals surface area (Å²) in [5.74, 6) is 0.689. The lowest BCUT2D eigenvalue weighted by Crippen LogP contribution is -2.14. The molecule has 0 aliphatic carbocycles. The quantitative estimate of drug-likeness (QED) is 0.135. The summed E-state index contributed by atoms with van der Waals surface area (Å²) in [5.41, 5.74) is 3.46. The van der Waals surface area contributed by atoms with E-state index >= 15 is 0 Å². The standard InChI is InChI=1S/C30H25IN2O3/c1-3-21-9-5-7-14-27(21)33-30(34)24(18-32)15-20-16-26(31)29(28(17-20)35-2)36-19-23-12-8-11-22-10-4-6-13-25(22)23/h4-17H,3,19H2,1-2H3,(H,33,34)/b24-15+. The summed E-state index contributed by atoms with van der Waals surface area (Å²) < 4.78 is 12.6. The SMILES string of the molecule is CCc1ccccc1NC(=O)/C(C#N)=C/c1cc(I)c(OCc2cccc3ccccc23)c(OC)c1. The molecule has 1 N–H and O–H groups in total. The fourth-order valence-corrected chi connectivity index (χ4v) is 4.77. The summed E-state index contributed by atoms with van der Waals surface area (Å²) in [6.07, 6.45) is 2.33. The molecule has 0 heterocycles. The lowest BCUT2D eigenvalue weighted by molar-refractivity contribution is -0.112. The minimum absolute atomic E-state index is 0.00295. The van der Waals surface area contributed by atoms with Gasteiger partial charge in [-0.2, -0.15) is 5.26 Å². The highest BCUT2D eigenvalue weighted by molar-refractivity contribution is 14.1. The minimum Gasteiger partial charge on any atom is -0.493 e. The van der Waals surface area contributed by atoms with Crippen LogP contribution in [0.25, 0.3) is 16.8 Å². The Morgan fingerprint density at radius 1 is 1.03 bits per heavy atom. The number of methoxy groups -OCH3 is 1. The Bertz CT molecular complexity index is 1480. The van der Waals surface area contributed by atoms with Gasteiger partial charge in [0.2, 0.25) is 0 Å². The largest absolute Gasteiger partial charge is 0.493 e. The molecule has 36 heavy (non-hydrogen) atoms. The van der Waals surface area contributed by atoms with Gasteiger partial charge in [0, 0.05) is 5.69 Å².